The zero-order valence-corrected chi connectivity index (χ0v) is 10.9. The van der Waals surface area contributed by atoms with Crippen LogP contribution in [0.15, 0.2) is 11.2 Å². The SMILES string of the molecule is O=C(O)N1C=Cc2nn3c(c2=C1)=CN=CC1(CCC1)C3. The van der Waals surface area contributed by atoms with E-state index < -0.39 is 6.09 Å². The van der Waals surface area contributed by atoms with Gasteiger partial charge in [-0.3, -0.25) is 14.6 Å². The highest BCUT2D eigenvalue weighted by molar-refractivity contribution is 5.75. The molecule has 0 saturated heterocycles. The van der Waals surface area contributed by atoms with Crippen molar-refractivity contribution in [2.24, 2.45) is 10.4 Å². The van der Waals surface area contributed by atoms with Gasteiger partial charge in [0.15, 0.2) is 0 Å². The summed E-state index contributed by atoms with van der Waals surface area (Å²) >= 11 is 0. The molecule has 102 valence electrons. The van der Waals surface area contributed by atoms with Gasteiger partial charge in [-0.25, -0.2) is 4.79 Å². The molecule has 2 aliphatic heterocycles. The molecule has 1 amide bonds. The molecule has 6 nitrogen and oxygen atoms in total. The van der Waals surface area contributed by atoms with Crippen molar-refractivity contribution < 1.29 is 9.90 Å². The highest BCUT2D eigenvalue weighted by atomic mass is 16.4. The summed E-state index contributed by atoms with van der Waals surface area (Å²) in [4.78, 5) is 16.6. The highest BCUT2D eigenvalue weighted by Gasteiger charge is 2.37. The molecule has 3 heterocycles. The van der Waals surface area contributed by atoms with Crippen LogP contribution in [0, 0.1) is 5.41 Å². The Bertz CT molecular complexity index is 768. The minimum Gasteiger partial charge on any atom is -0.464 e. The predicted octanol–water partition coefficient (Wildman–Crippen LogP) is 0.578. The Morgan fingerprint density at radius 2 is 2.25 bits per heavy atom. The Labute approximate surface area is 115 Å². The summed E-state index contributed by atoms with van der Waals surface area (Å²) in [5.74, 6) is 0. The number of amides is 1. The molecule has 0 bridgehead atoms. The Hall–Kier alpha value is -2.37. The van der Waals surface area contributed by atoms with Crippen molar-refractivity contribution in [3.63, 3.8) is 0 Å². The molecule has 0 unspecified atom stereocenters. The van der Waals surface area contributed by atoms with E-state index in [1.165, 1.54) is 12.6 Å². The molecule has 1 fully saturated rings. The van der Waals surface area contributed by atoms with Gasteiger partial charge in [0.25, 0.3) is 0 Å². The van der Waals surface area contributed by atoms with Crippen molar-refractivity contribution in [2.45, 2.75) is 25.8 Å². The molecular weight excluding hydrogens is 256 g/mol. The van der Waals surface area contributed by atoms with Crippen molar-refractivity contribution in [1.82, 2.24) is 14.7 Å². The lowest BCUT2D eigenvalue weighted by Gasteiger charge is -2.37. The number of aliphatic imine (C=N–C) groups is 1. The van der Waals surface area contributed by atoms with E-state index in [1.807, 2.05) is 10.9 Å². The van der Waals surface area contributed by atoms with E-state index in [0.29, 0.717) is 0 Å². The second-order valence-corrected chi connectivity index (χ2v) is 5.60. The molecule has 4 rings (SSSR count). The van der Waals surface area contributed by atoms with Crippen molar-refractivity contribution in [2.75, 3.05) is 0 Å². The van der Waals surface area contributed by atoms with Crippen molar-refractivity contribution in [1.29, 1.82) is 0 Å². The Morgan fingerprint density at radius 1 is 1.40 bits per heavy atom. The van der Waals surface area contributed by atoms with Crippen LogP contribution < -0.4 is 10.6 Å². The third-order valence-corrected chi connectivity index (χ3v) is 4.30. The maximum atomic E-state index is 11.1. The van der Waals surface area contributed by atoms with Crippen molar-refractivity contribution in [3.05, 3.63) is 22.5 Å². The summed E-state index contributed by atoms with van der Waals surface area (Å²) in [6.45, 7) is 0.823. The van der Waals surface area contributed by atoms with Crippen LogP contribution in [-0.4, -0.2) is 32.1 Å². The second kappa shape index (κ2) is 3.82. The van der Waals surface area contributed by atoms with Gasteiger partial charge in [-0.2, -0.15) is 5.10 Å². The first-order valence-electron chi connectivity index (χ1n) is 6.70. The van der Waals surface area contributed by atoms with Gasteiger partial charge in [0, 0.05) is 29.2 Å². The van der Waals surface area contributed by atoms with Crippen LogP contribution in [0.4, 0.5) is 4.79 Å². The first-order chi connectivity index (χ1) is 9.67. The lowest BCUT2D eigenvalue weighted by Crippen LogP contribution is -2.40. The zero-order chi connectivity index (χ0) is 13.7. The van der Waals surface area contributed by atoms with Crippen LogP contribution in [0.25, 0.3) is 18.5 Å². The topological polar surface area (TPSA) is 70.7 Å². The number of fused-ring (bicyclic) bond motifs is 3. The Kier molecular flexibility index (Phi) is 2.19. The van der Waals surface area contributed by atoms with Crippen LogP contribution >= 0.6 is 0 Å². The first-order valence-corrected chi connectivity index (χ1v) is 6.70. The summed E-state index contributed by atoms with van der Waals surface area (Å²) < 4.78 is 1.96. The van der Waals surface area contributed by atoms with Gasteiger partial charge in [-0.05, 0) is 18.9 Å². The summed E-state index contributed by atoms with van der Waals surface area (Å²) in [6.07, 6.45) is 11.2. The van der Waals surface area contributed by atoms with E-state index in [0.717, 1.165) is 40.5 Å². The van der Waals surface area contributed by atoms with Gasteiger partial charge in [0.2, 0.25) is 0 Å². The minimum atomic E-state index is -1.00. The number of nitrogens with zero attached hydrogens (tertiary/aromatic N) is 4. The Balaban J connectivity index is 1.88. The molecule has 1 saturated carbocycles. The lowest BCUT2D eigenvalue weighted by molar-refractivity contribution is 0.179. The van der Waals surface area contributed by atoms with Crippen molar-refractivity contribution in [3.8, 4) is 0 Å². The van der Waals surface area contributed by atoms with E-state index in [2.05, 4.69) is 10.1 Å². The number of rotatable bonds is 0. The van der Waals surface area contributed by atoms with Crippen molar-refractivity contribution >= 4 is 30.8 Å². The van der Waals surface area contributed by atoms with Crippen LogP contribution in [0.2, 0.25) is 0 Å². The largest absolute Gasteiger partial charge is 0.464 e. The highest BCUT2D eigenvalue weighted by Crippen LogP contribution is 2.40. The molecule has 0 aromatic carbocycles. The average Bonchev–Trinajstić information content (AvgIpc) is 2.60. The molecule has 20 heavy (non-hydrogen) atoms. The van der Waals surface area contributed by atoms with E-state index >= 15 is 0 Å². The maximum absolute atomic E-state index is 11.1. The summed E-state index contributed by atoms with van der Waals surface area (Å²) in [6, 6.07) is 0. The third kappa shape index (κ3) is 1.54. The molecule has 3 aliphatic rings. The fourth-order valence-electron chi connectivity index (χ4n) is 3.00. The number of aromatic nitrogens is 2. The second-order valence-electron chi connectivity index (χ2n) is 5.60. The third-order valence-electron chi connectivity index (χ3n) is 4.30. The van der Waals surface area contributed by atoms with Crippen LogP contribution in [0.5, 0.6) is 0 Å². The number of hydrogen-bond acceptors (Lipinski definition) is 3. The monoisotopic (exact) mass is 270 g/mol. The molecular formula is C14H14N4O2. The quantitative estimate of drug-likeness (QED) is 0.749. The van der Waals surface area contributed by atoms with Gasteiger partial charge < -0.3 is 5.11 Å². The van der Waals surface area contributed by atoms with Gasteiger partial charge >= 0.3 is 6.09 Å². The summed E-state index contributed by atoms with van der Waals surface area (Å²) in [5.41, 5.74) is 0.951. The molecule has 1 aromatic heterocycles. The molecule has 1 N–H and O–H groups in total. The van der Waals surface area contributed by atoms with Gasteiger partial charge in [0.05, 0.1) is 23.8 Å². The fourth-order valence-corrected chi connectivity index (χ4v) is 3.00. The molecule has 0 radical (unpaired) electrons. The number of hydrogen-bond donors (Lipinski definition) is 1. The number of carbonyl (C=O) groups is 1. The maximum Gasteiger partial charge on any atom is 0.415 e. The fraction of sp³-hybridized carbons (Fsp3) is 0.357. The number of carboxylic acid groups (broad SMARTS) is 1. The smallest absolute Gasteiger partial charge is 0.415 e. The molecule has 0 atom stereocenters. The summed E-state index contributed by atoms with van der Waals surface area (Å²) in [7, 11) is 0. The van der Waals surface area contributed by atoms with Gasteiger partial charge in [0.1, 0.15) is 0 Å². The van der Waals surface area contributed by atoms with E-state index in [1.54, 1.807) is 18.5 Å². The molecule has 1 aromatic rings. The van der Waals surface area contributed by atoms with Gasteiger partial charge in [-0.15, -0.1) is 0 Å². The van der Waals surface area contributed by atoms with E-state index in [9.17, 15) is 4.79 Å². The molecule has 1 spiro atoms. The zero-order valence-electron chi connectivity index (χ0n) is 10.9. The minimum absolute atomic E-state index is 0.145. The van der Waals surface area contributed by atoms with Gasteiger partial charge in [-0.1, -0.05) is 6.42 Å². The van der Waals surface area contributed by atoms with Crippen LogP contribution in [0.1, 0.15) is 25.0 Å². The van der Waals surface area contributed by atoms with Crippen LogP contribution in [0.3, 0.4) is 0 Å². The summed E-state index contributed by atoms with van der Waals surface area (Å²) in [5, 5.41) is 15.4. The Morgan fingerprint density at radius 3 is 2.95 bits per heavy atom. The van der Waals surface area contributed by atoms with Crippen LogP contribution in [-0.2, 0) is 6.54 Å². The molecule has 6 heteroatoms. The standard InChI is InChI=1S/C14H14N4O2/c19-13(20)17-5-2-11-10(7-17)12-6-15-8-14(3-1-4-14)9-18(12)16-11/h2,5-8H,1,3-4,9H2,(H,19,20). The van der Waals surface area contributed by atoms with E-state index in [-0.39, 0.29) is 5.41 Å². The first kappa shape index (κ1) is 11.5. The normalized spacial score (nSPS) is 21.3. The molecule has 1 aliphatic carbocycles. The average molecular weight is 270 g/mol. The van der Waals surface area contributed by atoms with E-state index in [4.69, 9.17) is 5.11 Å². The lowest BCUT2D eigenvalue weighted by atomic mass is 9.70. The predicted molar refractivity (Wildman–Crippen MR) is 74.1 cm³/mol.